The maximum absolute atomic E-state index is 12.2. The first kappa shape index (κ1) is 18.2. The summed E-state index contributed by atoms with van der Waals surface area (Å²) in [4.78, 5) is 12.2. The summed E-state index contributed by atoms with van der Waals surface area (Å²) in [6, 6.07) is 11.8. The van der Waals surface area contributed by atoms with Crippen molar-refractivity contribution in [3.63, 3.8) is 0 Å². The van der Waals surface area contributed by atoms with Crippen LogP contribution in [0.4, 0.5) is 0 Å². The van der Waals surface area contributed by atoms with Gasteiger partial charge in [0.05, 0.1) is 11.5 Å². The zero-order valence-electron chi connectivity index (χ0n) is 13.6. The summed E-state index contributed by atoms with van der Waals surface area (Å²) < 4.78 is 28.6. The molecule has 1 aromatic heterocycles. The third kappa shape index (κ3) is 4.34. The highest BCUT2D eigenvalue weighted by atomic mass is 35.5. The van der Waals surface area contributed by atoms with Crippen LogP contribution < -0.4 is 5.32 Å². The first-order chi connectivity index (χ1) is 12.4. The lowest BCUT2D eigenvalue weighted by molar-refractivity contribution is -0.117. The van der Waals surface area contributed by atoms with E-state index in [0.717, 1.165) is 5.56 Å². The summed E-state index contributed by atoms with van der Waals surface area (Å²) in [5.41, 5.74) is 0.623. The van der Waals surface area contributed by atoms with Gasteiger partial charge in [-0.2, -0.15) is 5.26 Å². The number of nitrogens with one attached hydrogen (secondary N) is 1. The van der Waals surface area contributed by atoms with Crippen molar-refractivity contribution >= 4 is 33.4 Å². The van der Waals surface area contributed by atoms with Gasteiger partial charge in [0.2, 0.25) is 0 Å². The molecule has 0 radical (unpaired) electrons. The summed E-state index contributed by atoms with van der Waals surface area (Å²) in [7, 11) is -3.11. The molecule has 2 aromatic rings. The Morgan fingerprint density at radius 2 is 2.15 bits per heavy atom. The second-order valence-corrected chi connectivity index (χ2v) is 8.62. The molecule has 1 aromatic carbocycles. The highest BCUT2D eigenvalue weighted by Gasteiger charge is 2.29. The standard InChI is InChI=1S/C18H15ClN2O4S/c19-14-3-1-2-12(8-14)17-5-4-16(25-17)9-13(10-20)18(22)21-15-6-7-26(23,24)11-15/h1-5,8-9,15H,6-7,11H2,(H,21,22). The van der Waals surface area contributed by atoms with Gasteiger partial charge in [0.15, 0.2) is 9.84 Å². The second-order valence-electron chi connectivity index (χ2n) is 5.96. The second kappa shape index (κ2) is 7.36. The number of carbonyl (C=O) groups is 1. The molecule has 3 rings (SSSR count). The van der Waals surface area contributed by atoms with Crippen LogP contribution in [-0.2, 0) is 14.6 Å². The van der Waals surface area contributed by atoms with Gasteiger partial charge in [0.1, 0.15) is 23.2 Å². The van der Waals surface area contributed by atoms with Gasteiger partial charge in [-0.05, 0) is 30.7 Å². The first-order valence-corrected chi connectivity index (χ1v) is 10.0. The van der Waals surface area contributed by atoms with Crippen LogP contribution in [0.2, 0.25) is 5.02 Å². The van der Waals surface area contributed by atoms with E-state index in [2.05, 4.69) is 5.32 Å². The lowest BCUT2D eigenvalue weighted by atomic mass is 10.2. The summed E-state index contributed by atoms with van der Waals surface area (Å²) in [5, 5.41) is 12.4. The number of rotatable bonds is 4. The van der Waals surface area contributed by atoms with Gasteiger partial charge in [0.25, 0.3) is 5.91 Å². The fourth-order valence-electron chi connectivity index (χ4n) is 2.69. The van der Waals surface area contributed by atoms with E-state index < -0.39 is 21.8 Å². The molecule has 1 fully saturated rings. The predicted octanol–water partition coefficient (Wildman–Crippen LogP) is 2.81. The quantitative estimate of drug-likeness (QED) is 0.639. The molecule has 1 aliphatic rings. The summed E-state index contributed by atoms with van der Waals surface area (Å²) in [5.74, 6) is 0.223. The maximum atomic E-state index is 12.2. The Morgan fingerprint density at radius 1 is 1.35 bits per heavy atom. The van der Waals surface area contributed by atoms with Crippen molar-refractivity contribution in [2.24, 2.45) is 0 Å². The van der Waals surface area contributed by atoms with E-state index >= 15 is 0 Å². The van der Waals surface area contributed by atoms with Gasteiger partial charge >= 0.3 is 0 Å². The average Bonchev–Trinajstić information content (AvgIpc) is 3.18. The van der Waals surface area contributed by atoms with Gasteiger partial charge in [-0.15, -0.1) is 0 Å². The molecule has 1 amide bonds. The average molecular weight is 391 g/mol. The minimum Gasteiger partial charge on any atom is -0.457 e. The molecule has 1 atom stereocenters. The van der Waals surface area contributed by atoms with Crippen molar-refractivity contribution in [3.05, 3.63) is 52.8 Å². The minimum atomic E-state index is -3.11. The maximum Gasteiger partial charge on any atom is 0.262 e. The van der Waals surface area contributed by atoms with Crippen molar-refractivity contribution in [1.82, 2.24) is 5.32 Å². The Morgan fingerprint density at radius 3 is 2.81 bits per heavy atom. The number of hydrogen-bond acceptors (Lipinski definition) is 5. The number of hydrogen-bond donors (Lipinski definition) is 1. The van der Waals surface area contributed by atoms with E-state index in [1.54, 1.807) is 30.3 Å². The normalized spacial score (nSPS) is 19.1. The van der Waals surface area contributed by atoms with Crippen LogP contribution in [0.25, 0.3) is 17.4 Å². The van der Waals surface area contributed by atoms with Crippen LogP contribution in [0.5, 0.6) is 0 Å². The molecule has 2 heterocycles. The Kier molecular flexibility index (Phi) is 5.16. The number of benzene rings is 1. The van der Waals surface area contributed by atoms with Crippen LogP contribution in [0.1, 0.15) is 12.2 Å². The largest absolute Gasteiger partial charge is 0.457 e. The highest BCUT2D eigenvalue weighted by molar-refractivity contribution is 7.91. The van der Waals surface area contributed by atoms with Gasteiger partial charge in [0, 0.05) is 22.7 Å². The van der Waals surface area contributed by atoms with Crippen LogP contribution in [0.3, 0.4) is 0 Å². The van der Waals surface area contributed by atoms with Gasteiger partial charge in [-0.25, -0.2) is 8.42 Å². The minimum absolute atomic E-state index is 0.0464. The number of nitrogens with zero attached hydrogens (tertiary/aromatic N) is 1. The molecule has 1 unspecified atom stereocenters. The van der Waals surface area contributed by atoms with Crippen molar-refractivity contribution in [1.29, 1.82) is 5.26 Å². The van der Waals surface area contributed by atoms with Crippen molar-refractivity contribution < 1.29 is 17.6 Å². The molecule has 0 bridgehead atoms. The molecule has 0 spiro atoms. The molecular weight excluding hydrogens is 376 g/mol. The molecule has 1 aliphatic heterocycles. The van der Waals surface area contributed by atoms with Gasteiger partial charge in [-0.3, -0.25) is 4.79 Å². The molecule has 134 valence electrons. The Hall–Kier alpha value is -2.56. The van der Waals surface area contributed by atoms with E-state index in [1.807, 2.05) is 12.1 Å². The number of furan rings is 1. The predicted molar refractivity (Wildman–Crippen MR) is 97.9 cm³/mol. The Labute approximate surface area is 156 Å². The van der Waals surface area contributed by atoms with Gasteiger partial charge in [-0.1, -0.05) is 23.7 Å². The Bertz CT molecular complexity index is 1020. The smallest absolute Gasteiger partial charge is 0.262 e. The molecule has 1 N–H and O–H groups in total. The van der Waals surface area contributed by atoms with Crippen LogP contribution >= 0.6 is 11.6 Å². The summed E-state index contributed by atoms with van der Waals surface area (Å²) in [6.45, 7) is 0. The topological polar surface area (TPSA) is 100 Å². The Balaban J connectivity index is 1.75. The lowest BCUT2D eigenvalue weighted by Crippen LogP contribution is -2.36. The van der Waals surface area contributed by atoms with Gasteiger partial charge < -0.3 is 9.73 Å². The highest BCUT2D eigenvalue weighted by Crippen LogP contribution is 2.25. The number of carbonyl (C=O) groups excluding carboxylic acids is 1. The lowest BCUT2D eigenvalue weighted by Gasteiger charge is -2.09. The number of sulfone groups is 1. The monoisotopic (exact) mass is 390 g/mol. The fourth-order valence-corrected chi connectivity index (χ4v) is 4.55. The van der Waals surface area contributed by atoms with E-state index in [0.29, 0.717) is 23.0 Å². The third-order valence-corrected chi connectivity index (χ3v) is 5.96. The van der Waals surface area contributed by atoms with Crippen LogP contribution in [0.15, 0.2) is 46.4 Å². The van der Waals surface area contributed by atoms with E-state index in [9.17, 15) is 18.5 Å². The zero-order valence-corrected chi connectivity index (χ0v) is 15.2. The van der Waals surface area contributed by atoms with Crippen molar-refractivity contribution in [3.8, 4) is 17.4 Å². The van der Waals surface area contributed by atoms with Crippen LogP contribution in [0, 0.1) is 11.3 Å². The summed E-state index contributed by atoms with van der Waals surface area (Å²) in [6.07, 6.45) is 1.68. The molecular formula is C18H15ClN2O4S. The van der Waals surface area contributed by atoms with E-state index in [-0.39, 0.29) is 17.1 Å². The van der Waals surface area contributed by atoms with Crippen LogP contribution in [-0.4, -0.2) is 31.9 Å². The number of nitriles is 1. The fraction of sp³-hybridized carbons (Fsp3) is 0.222. The molecule has 1 saturated heterocycles. The third-order valence-electron chi connectivity index (χ3n) is 3.96. The molecule has 0 saturated carbocycles. The SMILES string of the molecule is N#CC(=Cc1ccc(-c2cccc(Cl)c2)o1)C(=O)NC1CCS(=O)(=O)C1. The molecule has 0 aliphatic carbocycles. The molecule has 6 nitrogen and oxygen atoms in total. The van der Waals surface area contributed by atoms with E-state index in [1.165, 1.54) is 6.08 Å². The summed E-state index contributed by atoms with van der Waals surface area (Å²) >= 11 is 5.96. The number of halogens is 1. The molecule has 8 heteroatoms. The zero-order chi connectivity index (χ0) is 18.7. The van der Waals surface area contributed by atoms with Crippen molar-refractivity contribution in [2.45, 2.75) is 12.5 Å². The molecule has 26 heavy (non-hydrogen) atoms. The van der Waals surface area contributed by atoms with E-state index in [4.69, 9.17) is 16.0 Å². The number of amides is 1. The first-order valence-electron chi connectivity index (χ1n) is 7.85. The van der Waals surface area contributed by atoms with Crippen molar-refractivity contribution in [2.75, 3.05) is 11.5 Å².